The molecule has 0 saturated heterocycles. The molecule has 4 rings (SSSR count). The Balaban J connectivity index is 1.78. The molecule has 0 bridgehead atoms. The van der Waals surface area contributed by atoms with Crippen LogP contribution < -0.4 is 20.9 Å². The van der Waals surface area contributed by atoms with Crippen molar-refractivity contribution in [2.75, 3.05) is 17.7 Å². The number of hydrogen-bond acceptors (Lipinski definition) is 5. The van der Waals surface area contributed by atoms with Crippen LogP contribution in [0.3, 0.4) is 0 Å². The Morgan fingerprint density at radius 2 is 1.87 bits per heavy atom. The van der Waals surface area contributed by atoms with Crippen LogP contribution in [0.4, 0.5) is 21.6 Å². The van der Waals surface area contributed by atoms with Gasteiger partial charge in [0.15, 0.2) is 5.65 Å². The Morgan fingerprint density at radius 1 is 1.16 bits per heavy atom. The summed E-state index contributed by atoms with van der Waals surface area (Å²) < 4.78 is 19.8. The lowest BCUT2D eigenvalue weighted by Crippen LogP contribution is -2.17. The van der Waals surface area contributed by atoms with Gasteiger partial charge in [-0.15, -0.1) is 0 Å². The maximum absolute atomic E-state index is 13.5. The number of carbonyl (C=O) groups is 1. The van der Waals surface area contributed by atoms with Crippen LogP contribution in [-0.2, 0) is 0 Å². The molecule has 31 heavy (non-hydrogen) atoms. The highest BCUT2D eigenvalue weighted by Gasteiger charge is 2.22. The highest BCUT2D eigenvalue weighted by Crippen LogP contribution is 2.26. The van der Waals surface area contributed by atoms with E-state index in [1.807, 2.05) is 0 Å². The number of methoxy groups -OCH3 is 1. The van der Waals surface area contributed by atoms with Crippen LogP contribution >= 0.6 is 11.6 Å². The zero-order chi connectivity index (χ0) is 22.1. The van der Waals surface area contributed by atoms with Crippen molar-refractivity contribution in [2.24, 2.45) is 0 Å². The van der Waals surface area contributed by atoms with Gasteiger partial charge in [0.2, 0.25) is 0 Å². The number of H-pyrrole nitrogens is 1. The van der Waals surface area contributed by atoms with Crippen molar-refractivity contribution in [3.63, 3.8) is 0 Å². The highest BCUT2D eigenvalue weighted by molar-refractivity contribution is 6.31. The van der Waals surface area contributed by atoms with E-state index in [9.17, 15) is 14.0 Å². The summed E-state index contributed by atoms with van der Waals surface area (Å²) in [6.45, 7) is 1.66. The van der Waals surface area contributed by atoms with E-state index in [0.717, 1.165) is 6.07 Å². The number of rotatable bonds is 5. The number of fused-ring (bicyclic) bond motifs is 1. The zero-order valence-electron chi connectivity index (χ0n) is 16.5. The number of nitrogens with zero attached hydrogens (tertiary/aromatic N) is 2. The minimum absolute atomic E-state index is 0.108. The number of ether oxygens (including phenoxy) is 1. The van der Waals surface area contributed by atoms with Gasteiger partial charge in [0, 0.05) is 23.1 Å². The molecule has 0 fully saturated rings. The molecule has 2 heterocycles. The van der Waals surface area contributed by atoms with Gasteiger partial charge in [-0.3, -0.25) is 14.7 Å². The average molecular weight is 442 g/mol. The Morgan fingerprint density at radius 3 is 2.55 bits per heavy atom. The fraction of sp³-hybridized carbons (Fsp3) is 0.0952. The van der Waals surface area contributed by atoms with E-state index in [4.69, 9.17) is 16.3 Å². The van der Waals surface area contributed by atoms with Crippen molar-refractivity contribution in [3.05, 3.63) is 81.0 Å². The molecule has 0 aliphatic carbocycles. The second-order valence-corrected chi connectivity index (χ2v) is 7.10. The van der Waals surface area contributed by atoms with Crippen LogP contribution in [0.15, 0.2) is 53.3 Å². The fourth-order valence-corrected chi connectivity index (χ4v) is 3.22. The summed E-state index contributed by atoms with van der Waals surface area (Å²) in [5, 5.41) is 8.50. The molecule has 2 aromatic carbocycles. The van der Waals surface area contributed by atoms with Crippen molar-refractivity contribution in [2.45, 2.75) is 6.92 Å². The third-order valence-electron chi connectivity index (χ3n) is 4.51. The molecule has 0 radical (unpaired) electrons. The van der Waals surface area contributed by atoms with Crippen molar-refractivity contribution in [1.29, 1.82) is 0 Å². The van der Waals surface area contributed by atoms with Crippen molar-refractivity contribution in [3.8, 4) is 5.75 Å². The Kier molecular flexibility index (Phi) is 5.35. The number of benzene rings is 2. The third-order valence-corrected chi connectivity index (χ3v) is 4.80. The number of anilines is 3. The van der Waals surface area contributed by atoms with Crippen molar-refractivity contribution >= 4 is 40.3 Å². The van der Waals surface area contributed by atoms with E-state index >= 15 is 0 Å². The molecule has 158 valence electrons. The second-order valence-electron chi connectivity index (χ2n) is 6.69. The first-order valence-corrected chi connectivity index (χ1v) is 9.53. The maximum atomic E-state index is 13.5. The first-order valence-electron chi connectivity index (χ1n) is 9.15. The van der Waals surface area contributed by atoms with Gasteiger partial charge in [-0.05, 0) is 49.4 Å². The van der Waals surface area contributed by atoms with Gasteiger partial charge in [0.25, 0.3) is 11.5 Å². The van der Waals surface area contributed by atoms with Crippen LogP contribution in [0.1, 0.15) is 16.1 Å². The van der Waals surface area contributed by atoms with Crippen molar-refractivity contribution in [1.82, 2.24) is 14.6 Å². The summed E-state index contributed by atoms with van der Waals surface area (Å²) in [5.41, 5.74) is 1.28. The molecule has 0 atom stereocenters. The van der Waals surface area contributed by atoms with Gasteiger partial charge in [-0.2, -0.15) is 4.52 Å². The van der Waals surface area contributed by atoms with E-state index in [1.165, 1.54) is 22.7 Å². The van der Waals surface area contributed by atoms with E-state index in [0.29, 0.717) is 22.8 Å². The first-order chi connectivity index (χ1) is 14.9. The quantitative estimate of drug-likeness (QED) is 0.432. The molecule has 0 saturated carbocycles. The van der Waals surface area contributed by atoms with Gasteiger partial charge in [-0.1, -0.05) is 11.6 Å². The van der Waals surface area contributed by atoms with E-state index in [2.05, 4.69) is 20.7 Å². The molecule has 3 N–H and O–H groups in total. The van der Waals surface area contributed by atoms with Gasteiger partial charge in [0.1, 0.15) is 22.9 Å². The minimum Gasteiger partial charge on any atom is -0.497 e. The van der Waals surface area contributed by atoms with E-state index in [1.54, 1.807) is 38.3 Å². The summed E-state index contributed by atoms with van der Waals surface area (Å²) in [4.78, 5) is 29.9. The van der Waals surface area contributed by atoms with Crippen LogP contribution in [0.5, 0.6) is 5.75 Å². The Hall–Kier alpha value is -3.85. The monoisotopic (exact) mass is 441 g/mol. The predicted molar refractivity (Wildman–Crippen MR) is 116 cm³/mol. The number of amides is 1. The van der Waals surface area contributed by atoms with Crippen LogP contribution in [0, 0.1) is 12.7 Å². The average Bonchev–Trinajstić information content (AvgIpc) is 3.09. The lowest BCUT2D eigenvalue weighted by Gasteiger charge is -2.09. The van der Waals surface area contributed by atoms with Gasteiger partial charge >= 0.3 is 0 Å². The molecule has 0 aliphatic heterocycles. The minimum atomic E-state index is -0.600. The summed E-state index contributed by atoms with van der Waals surface area (Å²) in [6, 6.07) is 12.2. The number of nitrogens with one attached hydrogen (secondary N) is 3. The lowest BCUT2D eigenvalue weighted by molar-refractivity contribution is 0.102. The molecule has 10 heteroatoms. The molecular formula is C21H17ClFN5O3. The Labute approximate surface area is 180 Å². The smallest absolute Gasteiger partial charge is 0.272 e. The largest absolute Gasteiger partial charge is 0.497 e. The topological polar surface area (TPSA) is 101 Å². The number of hydrogen-bond donors (Lipinski definition) is 3. The SMILES string of the molecule is COc1ccc(Nc2[nH]n3c(=O)cc(C)nc3c2C(=O)Nc2ccc(F)c(Cl)c2)cc1. The first kappa shape index (κ1) is 20.4. The number of halogens is 2. The van der Waals surface area contributed by atoms with E-state index in [-0.39, 0.29) is 27.6 Å². The lowest BCUT2D eigenvalue weighted by atomic mass is 10.2. The molecule has 4 aromatic rings. The van der Waals surface area contributed by atoms with Gasteiger partial charge in [-0.25, -0.2) is 9.37 Å². The van der Waals surface area contributed by atoms with Crippen molar-refractivity contribution < 1.29 is 13.9 Å². The molecule has 0 aliphatic rings. The third kappa shape index (κ3) is 4.08. The summed E-state index contributed by atoms with van der Waals surface area (Å²) in [6.07, 6.45) is 0. The molecule has 2 aromatic heterocycles. The summed E-state index contributed by atoms with van der Waals surface area (Å²) in [7, 11) is 1.56. The number of aromatic nitrogens is 3. The standard InChI is InChI=1S/C21H17ClFN5O3/c1-11-9-17(29)28-20(24-11)18(21(30)26-13-5-8-16(23)15(22)10-13)19(27-28)25-12-3-6-14(31-2)7-4-12/h3-10,25,27H,1-2H3,(H,26,30). The summed E-state index contributed by atoms with van der Waals surface area (Å²) in [5.74, 6) is -0.236. The van der Waals surface area contributed by atoms with E-state index < -0.39 is 11.7 Å². The number of aryl methyl sites for hydroxylation is 1. The molecule has 0 spiro atoms. The van der Waals surface area contributed by atoms with Gasteiger partial charge < -0.3 is 15.4 Å². The summed E-state index contributed by atoms with van der Waals surface area (Å²) >= 11 is 5.81. The maximum Gasteiger partial charge on any atom is 0.272 e. The fourth-order valence-electron chi connectivity index (χ4n) is 3.04. The van der Waals surface area contributed by atoms with Gasteiger partial charge in [0.05, 0.1) is 12.1 Å². The molecule has 0 unspecified atom stereocenters. The Bertz CT molecular complexity index is 1350. The number of carbonyl (C=O) groups excluding carboxylic acids is 1. The molecule has 1 amide bonds. The molecule has 8 nitrogen and oxygen atoms in total. The highest BCUT2D eigenvalue weighted by atomic mass is 35.5. The zero-order valence-corrected chi connectivity index (χ0v) is 17.2. The second kappa shape index (κ2) is 8.11. The predicted octanol–water partition coefficient (Wildman–Crippen LogP) is 4.13. The van der Waals surface area contributed by atoms with Crippen LogP contribution in [-0.4, -0.2) is 27.6 Å². The van der Waals surface area contributed by atoms with Crippen LogP contribution in [0.2, 0.25) is 5.02 Å². The molecular weight excluding hydrogens is 425 g/mol. The number of aromatic amines is 1. The normalized spacial score (nSPS) is 10.8. The van der Waals surface area contributed by atoms with Crippen LogP contribution in [0.25, 0.3) is 5.65 Å².